The maximum absolute atomic E-state index is 11.8. The van der Waals surface area contributed by atoms with Gasteiger partial charge in [0.2, 0.25) is 5.91 Å². The summed E-state index contributed by atoms with van der Waals surface area (Å²) in [6.07, 6.45) is 3.73. The van der Waals surface area contributed by atoms with Gasteiger partial charge in [-0.3, -0.25) is 4.79 Å². The van der Waals surface area contributed by atoms with Crippen LogP contribution in [0.15, 0.2) is 5.38 Å². The van der Waals surface area contributed by atoms with E-state index in [1.54, 1.807) is 11.3 Å². The van der Waals surface area contributed by atoms with Crippen LogP contribution in [0.5, 0.6) is 0 Å². The first-order chi connectivity index (χ1) is 8.15. The first-order valence-corrected chi connectivity index (χ1v) is 6.91. The highest BCUT2D eigenvalue weighted by Gasteiger charge is 2.24. The molecular formula is C12H18N2O2S. The third kappa shape index (κ3) is 3.51. The topological polar surface area (TPSA) is 62.2 Å². The lowest BCUT2D eigenvalue weighted by Crippen LogP contribution is -2.45. The van der Waals surface area contributed by atoms with Crippen molar-refractivity contribution in [2.45, 2.75) is 51.2 Å². The van der Waals surface area contributed by atoms with Crippen LogP contribution in [-0.4, -0.2) is 28.1 Å². The zero-order chi connectivity index (χ0) is 12.3. The second-order valence-electron chi connectivity index (χ2n) is 4.56. The minimum Gasteiger partial charge on any atom is -0.391 e. The van der Waals surface area contributed by atoms with Crippen LogP contribution >= 0.6 is 11.3 Å². The average molecular weight is 254 g/mol. The number of aryl methyl sites for hydroxylation is 1. The number of nitrogens with zero attached hydrogens (tertiary/aromatic N) is 1. The van der Waals surface area contributed by atoms with Gasteiger partial charge in [0, 0.05) is 5.38 Å². The molecule has 1 aromatic heterocycles. The standard InChI is InChI=1S/C12H18N2O2S/c1-8-13-9(7-17-8)6-12(16)14-10-4-2-3-5-11(10)15/h7,10-11,15H,2-6H2,1H3,(H,14,16). The summed E-state index contributed by atoms with van der Waals surface area (Å²) < 4.78 is 0. The van der Waals surface area contributed by atoms with Gasteiger partial charge in [0.05, 0.1) is 29.3 Å². The minimum atomic E-state index is -0.384. The maximum atomic E-state index is 11.8. The summed E-state index contributed by atoms with van der Waals surface area (Å²) in [4.78, 5) is 16.0. The molecule has 2 atom stereocenters. The summed E-state index contributed by atoms with van der Waals surface area (Å²) in [6, 6.07) is -0.0732. The molecule has 5 heteroatoms. The number of aromatic nitrogens is 1. The Morgan fingerprint density at radius 1 is 1.59 bits per heavy atom. The van der Waals surface area contributed by atoms with Crippen LogP contribution in [-0.2, 0) is 11.2 Å². The van der Waals surface area contributed by atoms with Gasteiger partial charge in [0.25, 0.3) is 0 Å². The first-order valence-electron chi connectivity index (χ1n) is 6.03. The van der Waals surface area contributed by atoms with E-state index < -0.39 is 0 Å². The van der Waals surface area contributed by atoms with Crippen molar-refractivity contribution in [3.8, 4) is 0 Å². The molecule has 94 valence electrons. The highest BCUT2D eigenvalue weighted by molar-refractivity contribution is 7.09. The van der Waals surface area contributed by atoms with Crippen LogP contribution in [0.2, 0.25) is 0 Å². The zero-order valence-corrected chi connectivity index (χ0v) is 10.8. The maximum Gasteiger partial charge on any atom is 0.226 e. The second kappa shape index (κ2) is 5.60. The first kappa shape index (κ1) is 12.5. The Bertz CT molecular complexity index is 392. The molecule has 1 aliphatic carbocycles. The number of thiazole rings is 1. The van der Waals surface area contributed by atoms with Gasteiger partial charge < -0.3 is 10.4 Å². The molecule has 1 heterocycles. The molecule has 1 fully saturated rings. The van der Waals surface area contributed by atoms with Crippen LogP contribution in [0.3, 0.4) is 0 Å². The quantitative estimate of drug-likeness (QED) is 0.857. The minimum absolute atomic E-state index is 0.0405. The average Bonchev–Trinajstić information content (AvgIpc) is 2.67. The molecule has 2 rings (SSSR count). The van der Waals surface area contributed by atoms with Gasteiger partial charge in [-0.15, -0.1) is 11.3 Å². The third-order valence-electron chi connectivity index (χ3n) is 3.08. The smallest absolute Gasteiger partial charge is 0.226 e. The fourth-order valence-electron chi connectivity index (χ4n) is 2.19. The number of nitrogens with one attached hydrogen (secondary N) is 1. The molecular weight excluding hydrogens is 236 g/mol. The van der Waals surface area contributed by atoms with Crippen molar-refractivity contribution >= 4 is 17.2 Å². The van der Waals surface area contributed by atoms with E-state index in [4.69, 9.17) is 0 Å². The van der Waals surface area contributed by atoms with E-state index in [0.29, 0.717) is 6.42 Å². The van der Waals surface area contributed by atoms with Crippen molar-refractivity contribution in [3.05, 3.63) is 16.1 Å². The van der Waals surface area contributed by atoms with Gasteiger partial charge in [0.1, 0.15) is 0 Å². The Balaban J connectivity index is 1.84. The highest BCUT2D eigenvalue weighted by atomic mass is 32.1. The van der Waals surface area contributed by atoms with Gasteiger partial charge in [-0.1, -0.05) is 12.8 Å². The summed E-state index contributed by atoms with van der Waals surface area (Å²) >= 11 is 1.55. The molecule has 0 aromatic carbocycles. The van der Waals surface area contributed by atoms with Crippen molar-refractivity contribution in [1.29, 1.82) is 0 Å². The molecule has 2 unspecified atom stereocenters. The third-order valence-corrected chi connectivity index (χ3v) is 3.91. The summed E-state index contributed by atoms with van der Waals surface area (Å²) in [5.41, 5.74) is 0.815. The van der Waals surface area contributed by atoms with Gasteiger partial charge in [-0.05, 0) is 19.8 Å². The van der Waals surface area contributed by atoms with Crippen LogP contribution in [0, 0.1) is 6.92 Å². The SMILES string of the molecule is Cc1nc(CC(=O)NC2CCCCC2O)cs1. The second-order valence-corrected chi connectivity index (χ2v) is 5.62. The number of carbonyl (C=O) groups excluding carboxylic acids is 1. The lowest BCUT2D eigenvalue weighted by atomic mass is 9.92. The van der Waals surface area contributed by atoms with E-state index >= 15 is 0 Å². The number of hydrogen-bond acceptors (Lipinski definition) is 4. The lowest BCUT2D eigenvalue weighted by molar-refractivity contribution is -0.122. The molecule has 1 saturated carbocycles. The molecule has 0 bridgehead atoms. The van der Waals surface area contributed by atoms with Crippen molar-refractivity contribution in [2.75, 3.05) is 0 Å². The summed E-state index contributed by atoms with van der Waals surface area (Å²) in [6.45, 7) is 1.93. The Morgan fingerprint density at radius 2 is 2.35 bits per heavy atom. The lowest BCUT2D eigenvalue weighted by Gasteiger charge is -2.28. The van der Waals surface area contributed by atoms with E-state index in [1.165, 1.54) is 0 Å². The summed E-state index contributed by atoms with van der Waals surface area (Å²) in [5, 5.41) is 15.5. The molecule has 1 amide bonds. The van der Waals surface area contributed by atoms with Crippen LogP contribution in [0.1, 0.15) is 36.4 Å². The Hall–Kier alpha value is -0.940. The molecule has 0 radical (unpaired) electrons. The van der Waals surface area contributed by atoms with Crippen molar-refractivity contribution in [1.82, 2.24) is 10.3 Å². The monoisotopic (exact) mass is 254 g/mol. The Morgan fingerprint density at radius 3 is 3.00 bits per heavy atom. The molecule has 2 N–H and O–H groups in total. The number of rotatable bonds is 3. The highest BCUT2D eigenvalue weighted by Crippen LogP contribution is 2.18. The van der Waals surface area contributed by atoms with Gasteiger partial charge in [-0.25, -0.2) is 4.98 Å². The van der Waals surface area contributed by atoms with E-state index in [0.717, 1.165) is 36.4 Å². The zero-order valence-electron chi connectivity index (χ0n) is 9.98. The van der Waals surface area contributed by atoms with Crippen molar-refractivity contribution < 1.29 is 9.90 Å². The molecule has 4 nitrogen and oxygen atoms in total. The van der Waals surface area contributed by atoms with E-state index in [2.05, 4.69) is 10.3 Å². The van der Waals surface area contributed by atoms with Crippen LogP contribution in [0.25, 0.3) is 0 Å². The summed E-state index contributed by atoms with van der Waals surface area (Å²) in [7, 11) is 0. The molecule has 1 aliphatic rings. The van der Waals surface area contributed by atoms with E-state index in [9.17, 15) is 9.90 Å². The van der Waals surface area contributed by atoms with Crippen LogP contribution < -0.4 is 5.32 Å². The molecule has 17 heavy (non-hydrogen) atoms. The fourth-order valence-corrected chi connectivity index (χ4v) is 2.80. The van der Waals surface area contributed by atoms with Gasteiger partial charge in [-0.2, -0.15) is 0 Å². The number of aliphatic hydroxyl groups is 1. The number of amides is 1. The van der Waals surface area contributed by atoms with E-state index in [-0.39, 0.29) is 18.1 Å². The Labute approximate surface area is 105 Å². The van der Waals surface area contributed by atoms with Crippen LogP contribution in [0.4, 0.5) is 0 Å². The normalized spacial score (nSPS) is 24.6. The Kier molecular flexibility index (Phi) is 4.12. The van der Waals surface area contributed by atoms with Crippen molar-refractivity contribution in [3.63, 3.8) is 0 Å². The molecule has 0 aliphatic heterocycles. The van der Waals surface area contributed by atoms with E-state index in [1.807, 2.05) is 12.3 Å². The molecule has 1 aromatic rings. The molecule has 0 saturated heterocycles. The predicted molar refractivity (Wildman–Crippen MR) is 67.0 cm³/mol. The van der Waals surface area contributed by atoms with Gasteiger partial charge in [0.15, 0.2) is 0 Å². The summed E-state index contributed by atoms with van der Waals surface area (Å²) in [5.74, 6) is -0.0405. The number of hydrogen-bond donors (Lipinski definition) is 2. The fraction of sp³-hybridized carbons (Fsp3) is 0.667. The van der Waals surface area contributed by atoms with Gasteiger partial charge >= 0.3 is 0 Å². The predicted octanol–water partition coefficient (Wildman–Crippen LogP) is 1.41. The number of aliphatic hydroxyl groups excluding tert-OH is 1. The van der Waals surface area contributed by atoms with Crippen molar-refractivity contribution in [2.24, 2.45) is 0 Å². The largest absolute Gasteiger partial charge is 0.391 e. The molecule has 0 spiro atoms. The number of carbonyl (C=O) groups is 1.